The summed E-state index contributed by atoms with van der Waals surface area (Å²) < 4.78 is 14.1. The summed E-state index contributed by atoms with van der Waals surface area (Å²) in [7, 11) is 0. The van der Waals surface area contributed by atoms with E-state index in [1.807, 2.05) is 6.92 Å². The second kappa shape index (κ2) is 6.12. The number of hydrogen-bond donors (Lipinski definition) is 1. The molecular formula is C14H22FN3. The topological polar surface area (TPSA) is 37.8 Å². The lowest BCUT2D eigenvalue weighted by Crippen LogP contribution is -2.32. The van der Waals surface area contributed by atoms with Crippen molar-refractivity contribution in [1.82, 2.24) is 9.97 Å². The summed E-state index contributed by atoms with van der Waals surface area (Å²) in [5, 5.41) is 3.30. The highest BCUT2D eigenvalue weighted by Crippen LogP contribution is 2.29. The Labute approximate surface area is 108 Å². The molecule has 18 heavy (non-hydrogen) atoms. The number of halogens is 1. The van der Waals surface area contributed by atoms with E-state index in [4.69, 9.17) is 0 Å². The molecule has 1 aliphatic rings. The minimum Gasteiger partial charge on any atom is -0.365 e. The molecule has 100 valence electrons. The highest BCUT2D eigenvalue weighted by atomic mass is 19.1. The van der Waals surface area contributed by atoms with Crippen molar-refractivity contribution in [1.29, 1.82) is 0 Å². The third-order valence-electron chi connectivity index (χ3n) is 3.95. The minimum absolute atomic E-state index is 0.277. The van der Waals surface area contributed by atoms with Gasteiger partial charge in [0.05, 0.1) is 5.69 Å². The summed E-state index contributed by atoms with van der Waals surface area (Å²) in [5.74, 6) is 0.741. The molecule has 2 unspecified atom stereocenters. The SMILES string of the molecule is CCc1ncnc(NC2CCCCC2CC)c1F. The van der Waals surface area contributed by atoms with Crippen LogP contribution in [0.3, 0.4) is 0 Å². The summed E-state index contributed by atoms with van der Waals surface area (Å²) in [5.41, 5.74) is 0.497. The molecule has 1 saturated carbocycles. The monoisotopic (exact) mass is 251 g/mol. The molecule has 0 spiro atoms. The van der Waals surface area contributed by atoms with E-state index in [9.17, 15) is 4.39 Å². The number of anilines is 1. The van der Waals surface area contributed by atoms with Crippen LogP contribution in [0.4, 0.5) is 10.2 Å². The maximum Gasteiger partial charge on any atom is 0.186 e. The van der Waals surface area contributed by atoms with Gasteiger partial charge in [-0.3, -0.25) is 0 Å². The Kier molecular flexibility index (Phi) is 4.50. The lowest BCUT2D eigenvalue weighted by Gasteiger charge is -2.32. The lowest BCUT2D eigenvalue weighted by atomic mass is 9.83. The Morgan fingerprint density at radius 1 is 1.28 bits per heavy atom. The molecule has 2 atom stereocenters. The minimum atomic E-state index is -0.277. The van der Waals surface area contributed by atoms with Gasteiger partial charge in [0.15, 0.2) is 11.6 Å². The zero-order valence-corrected chi connectivity index (χ0v) is 11.2. The molecule has 1 aromatic rings. The fourth-order valence-electron chi connectivity index (χ4n) is 2.82. The quantitative estimate of drug-likeness (QED) is 0.889. The van der Waals surface area contributed by atoms with E-state index in [0.29, 0.717) is 29.9 Å². The van der Waals surface area contributed by atoms with Crippen LogP contribution in [0.15, 0.2) is 6.33 Å². The third kappa shape index (κ3) is 2.79. The summed E-state index contributed by atoms with van der Waals surface area (Å²) in [4.78, 5) is 8.02. The van der Waals surface area contributed by atoms with Crippen molar-refractivity contribution >= 4 is 5.82 Å². The Morgan fingerprint density at radius 3 is 2.78 bits per heavy atom. The smallest absolute Gasteiger partial charge is 0.186 e. The van der Waals surface area contributed by atoms with Crippen LogP contribution in [0.2, 0.25) is 0 Å². The molecule has 1 N–H and O–H groups in total. The van der Waals surface area contributed by atoms with E-state index >= 15 is 0 Å². The molecule has 0 bridgehead atoms. The Bertz CT molecular complexity index is 395. The summed E-state index contributed by atoms with van der Waals surface area (Å²) in [6, 6.07) is 0.359. The van der Waals surface area contributed by atoms with Gasteiger partial charge >= 0.3 is 0 Å². The van der Waals surface area contributed by atoms with E-state index in [1.54, 1.807) is 0 Å². The van der Waals surface area contributed by atoms with Crippen molar-refractivity contribution in [2.45, 2.75) is 58.4 Å². The summed E-state index contributed by atoms with van der Waals surface area (Å²) >= 11 is 0. The molecule has 3 nitrogen and oxygen atoms in total. The lowest BCUT2D eigenvalue weighted by molar-refractivity contribution is 0.316. The number of rotatable bonds is 4. The van der Waals surface area contributed by atoms with Gasteiger partial charge in [0, 0.05) is 6.04 Å². The third-order valence-corrected chi connectivity index (χ3v) is 3.95. The van der Waals surface area contributed by atoms with Crippen LogP contribution < -0.4 is 5.32 Å². The first-order chi connectivity index (χ1) is 8.76. The van der Waals surface area contributed by atoms with Crippen molar-refractivity contribution in [3.63, 3.8) is 0 Å². The van der Waals surface area contributed by atoms with Crippen molar-refractivity contribution in [2.75, 3.05) is 5.32 Å². The molecule has 2 rings (SSSR count). The average molecular weight is 251 g/mol. The largest absolute Gasteiger partial charge is 0.365 e. The van der Waals surface area contributed by atoms with Crippen molar-refractivity contribution < 1.29 is 4.39 Å². The van der Waals surface area contributed by atoms with E-state index < -0.39 is 0 Å². The number of hydrogen-bond acceptors (Lipinski definition) is 3. The van der Waals surface area contributed by atoms with Crippen LogP contribution in [-0.2, 0) is 6.42 Å². The van der Waals surface area contributed by atoms with Crippen LogP contribution >= 0.6 is 0 Å². The molecule has 0 saturated heterocycles. The van der Waals surface area contributed by atoms with Gasteiger partial charge in [-0.15, -0.1) is 0 Å². The van der Waals surface area contributed by atoms with Gasteiger partial charge in [-0.05, 0) is 25.2 Å². The zero-order chi connectivity index (χ0) is 13.0. The van der Waals surface area contributed by atoms with E-state index in [1.165, 1.54) is 25.6 Å². The maximum absolute atomic E-state index is 14.1. The van der Waals surface area contributed by atoms with Gasteiger partial charge in [0.25, 0.3) is 0 Å². The molecular weight excluding hydrogens is 229 g/mol. The molecule has 1 aliphatic carbocycles. The molecule has 1 heterocycles. The normalized spacial score (nSPS) is 23.9. The Hall–Kier alpha value is -1.19. The predicted octanol–water partition coefficient (Wildman–Crippen LogP) is 3.56. The first-order valence-corrected chi connectivity index (χ1v) is 7.02. The van der Waals surface area contributed by atoms with Crippen LogP contribution in [0, 0.1) is 11.7 Å². The summed E-state index contributed by atoms with van der Waals surface area (Å²) in [6.45, 7) is 4.11. The van der Waals surface area contributed by atoms with Gasteiger partial charge in [-0.2, -0.15) is 0 Å². The van der Waals surface area contributed by atoms with E-state index in [-0.39, 0.29) is 5.82 Å². The van der Waals surface area contributed by atoms with Gasteiger partial charge in [-0.25, -0.2) is 14.4 Å². The molecule has 4 heteroatoms. The highest BCUT2D eigenvalue weighted by Gasteiger charge is 2.25. The molecule has 0 aromatic carbocycles. The molecule has 0 radical (unpaired) electrons. The number of nitrogens with zero attached hydrogens (tertiary/aromatic N) is 2. The van der Waals surface area contributed by atoms with Crippen LogP contribution in [-0.4, -0.2) is 16.0 Å². The van der Waals surface area contributed by atoms with Crippen molar-refractivity contribution in [3.8, 4) is 0 Å². The molecule has 0 amide bonds. The highest BCUT2D eigenvalue weighted by molar-refractivity contribution is 5.38. The molecule has 0 aliphatic heterocycles. The first kappa shape index (κ1) is 13.2. The van der Waals surface area contributed by atoms with Gasteiger partial charge < -0.3 is 5.32 Å². The molecule has 1 aromatic heterocycles. The second-order valence-corrected chi connectivity index (χ2v) is 5.04. The van der Waals surface area contributed by atoms with Crippen LogP contribution in [0.1, 0.15) is 51.6 Å². The summed E-state index contributed by atoms with van der Waals surface area (Å²) in [6.07, 6.45) is 8.07. The number of aromatic nitrogens is 2. The zero-order valence-electron chi connectivity index (χ0n) is 11.2. The number of nitrogens with one attached hydrogen (secondary N) is 1. The van der Waals surface area contributed by atoms with E-state index in [2.05, 4.69) is 22.2 Å². The van der Waals surface area contributed by atoms with Crippen molar-refractivity contribution in [2.24, 2.45) is 5.92 Å². The van der Waals surface area contributed by atoms with Crippen LogP contribution in [0.5, 0.6) is 0 Å². The molecule has 1 fully saturated rings. The standard InChI is InChI=1S/C14H22FN3/c1-3-10-7-5-6-8-12(10)18-14-13(15)11(4-2)16-9-17-14/h9-10,12H,3-8H2,1-2H3,(H,16,17,18). The fraction of sp³-hybridized carbons (Fsp3) is 0.714. The first-order valence-electron chi connectivity index (χ1n) is 7.02. The predicted molar refractivity (Wildman–Crippen MR) is 71.0 cm³/mol. The maximum atomic E-state index is 14.1. The fourth-order valence-corrected chi connectivity index (χ4v) is 2.82. The second-order valence-electron chi connectivity index (χ2n) is 5.04. The Morgan fingerprint density at radius 2 is 2.06 bits per heavy atom. The van der Waals surface area contributed by atoms with Gasteiger partial charge in [-0.1, -0.05) is 33.1 Å². The van der Waals surface area contributed by atoms with Crippen LogP contribution in [0.25, 0.3) is 0 Å². The average Bonchev–Trinajstić information content (AvgIpc) is 2.42. The Balaban J connectivity index is 2.12. The number of aryl methyl sites for hydroxylation is 1. The van der Waals surface area contributed by atoms with Crippen molar-refractivity contribution in [3.05, 3.63) is 17.8 Å². The van der Waals surface area contributed by atoms with E-state index in [0.717, 1.165) is 12.8 Å². The van der Waals surface area contributed by atoms with Gasteiger partial charge in [0.1, 0.15) is 6.33 Å². The van der Waals surface area contributed by atoms with Gasteiger partial charge in [0.2, 0.25) is 0 Å².